The van der Waals surface area contributed by atoms with Gasteiger partial charge in [0, 0.05) is 22.8 Å². The molecule has 0 aliphatic rings. The lowest BCUT2D eigenvalue weighted by Crippen LogP contribution is -2.03. The maximum Gasteiger partial charge on any atom is 0.288 e. The molecule has 0 spiro atoms. The topological polar surface area (TPSA) is 55.2 Å². The maximum absolute atomic E-state index is 13.0. The van der Waals surface area contributed by atoms with Gasteiger partial charge in [0.25, 0.3) is 5.69 Å². The number of nitrogens with one attached hydrogen (secondary N) is 1. The van der Waals surface area contributed by atoms with E-state index in [4.69, 9.17) is 11.6 Å². The molecule has 21 heavy (non-hydrogen) atoms. The van der Waals surface area contributed by atoms with Crippen molar-refractivity contribution in [3.63, 3.8) is 0 Å². The highest BCUT2D eigenvalue weighted by Crippen LogP contribution is 2.31. The van der Waals surface area contributed by atoms with E-state index in [0.29, 0.717) is 22.3 Å². The third kappa shape index (κ3) is 3.71. The molecule has 0 saturated carbocycles. The number of rotatable bonds is 4. The number of halogens is 3. The van der Waals surface area contributed by atoms with Crippen molar-refractivity contribution in [2.24, 2.45) is 0 Å². The van der Waals surface area contributed by atoms with Gasteiger partial charge in [0.05, 0.1) is 4.92 Å². The van der Waals surface area contributed by atoms with Crippen molar-refractivity contribution >= 4 is 38.9 Å². The van der Waals surface area contributed by atoms with Crippen molar-refractivity contribution in [1.82, 2.24) is 0 Å². The number of benzene rings is 2. The van der Waals surface area contributed by atoms with Gasteiger partial charge in [0.1, 0.15) is 10.8 Å². The summed E-state index contributed by atoms with van der Waals surface area (Å²) in [5.74, 6) is -0.319. The number of hydrogen-bond acceptors (Lipinski definition) is 3. The molecule has 0 saturated heterocycles. The lowest BCUT2D eigenvalue weighted by atomic mass is 10.1. The molecule has 0 heterocycles. The van der Waals surface area contributed by atoms with Crippen LogP contribution in [0, 0.1) is 22.9 Å². The summed E-state index contributed by atoms with van der Waals surface area (Å²) in [7, 11) is 0. The van der Waals surface area contributed by atoms with Crippen molar-refractivity contribution in [1.29, 1.82) is 0 Å². The normalized spacial score (nSPS) is 10.5. The first-order valence-electron chi connectivity index (χ1n) is 6.01. The minimum absolute atomic E-state index is 0.0753. The Bertz CT molecular complexity index is 710. The van der Waals surface area contributed by atoms with Gasteiger partial charge in [-0.15, -0.1) is 0 Å². The van der Waals surface area contributed by atoms with E-state index in [1.807, 2.05) is 0 Å². The zero-order valence-corrected chi connectivity index (χ0v) is 13.3. The van der Waals surface area contributed by atoms with E-state index in [0.717, 1.165) is 5.56 Å². The van der Waals surface area contributed by atoms with Gasteiger partial charge < -0.3 is 5.32 Å². The van der Waals surface area contributed by atoms with Crippen LogP contribution in [0.15, 0.2) is 34.8 Å². The molecule has 0 fully saturated rings. The first-order valence-corrected chi connectivity index (χ1v) is 7.18. The van der Waals surface area contributed by atoms with E-state index in [1.165, 1.54) is 24.3 Å². The quantitative estimate of drug-likeness (QED) is 0.601. The lowest BCUT2D eigenvalue weighted by Gasteiger charge is -2.11. The molecule has 0 aliphatic heterocycles. The Balaban J connectivity index is 2.20. The summed E-state index contributed by atoms with van der Waals surface area (Å²) in [4.78, 5) is 10.3. The molecule has 1 N–H and O–H groups in total. The maximum atomic E-state index is 13.0. The average molecular weight is 374 g/mol. The number of nitrogens with zero attached hydrogens (tertiary/aromatic N) is 1. The Morgan fingerprint density at radius 3 is 2.71 bits per heavy atom. The molecule has 110 valence electrons. The van der Waals surface area contributed by atoms with Crippen molar-refractivity contribution in [2.45, 2.75) is 13.5 Å². The van der Waals surface area contributed by atoms with E-state index in [-0.39, 0.29) is 16.5 Å². The van der Waals surface area contributed by atoms with Crippen LogP contribution in [0.2, 0.25) is 5.02 Å². The summed E-state index contributed by atoms with van der Waals surface area (Å²) >= 11 is 9.18. The SMILES string of the molecule is Cc1cc([N+](=O)[O-])c(Cl)cc1NCc1ccc(F)cc1Br. The molecule has 2 aromatic rings. The summed E-state index contributed by atoms with van der Waals surface area (Å²) in [5, 5.41) is 14.0. The van der Waals surface area contributed by atoms with Gasteiger partial charge in [-0.3, -0.25) is 10.1 Å². The monoisotopic (exact) mass is 372 g/mol. The Morgan fingerprint density at radius 2 is 2.10 bits per heavy atom. The van der Waals surface area contributed by atoms with Gasteiger partial charge in [0.2, 0.25) is 0 Å². The highest BCUT2D eigenvalue weighted by molar-refractivity contribution is 9.10. The molecule has 0 aromatic heterocycles. The Kier molecular flexibility index (Phi) is 4.80. The number of aryl methyl sites for hydroxylation is 1. The molecule has 2 rings (SSSR count). The fourth-order valence-electron chi connectivity index (χ4n) is 1.85. The van der Waals surface area contributed by atoms with Crippen LogP contribution in [0.5, 0.6) is 0 Å². The Hall–Kier alpha value is -1.66. The smallest absolute Gasteiger partial charge is 0.288 e. The van der Waals surface area contributed by atoms with Gasteiger partial charge in [0.15, 0.2) is 0 Å². The number of nitro benzene ring substituents is 1. The molecule has 4 nitrogen and oxygen atoms in total. The largest absolute Gasteiger partial charge is 0.381 e. The summed E-state index contributed by atoms with van der Waals surface area (Å²) < 4.78 is 13.7. The molecule has 0 bridgehead atoms. The summed E-state index contributed by atoms with van der Waals surface area (Å²) in [5.41, 5.74) is 2.15. The molecule has 2 aromatic carbocycles. The lowest BCUT2D eigenvalue weighted by molar-refractivity contribution is -0.384. The van der Waals surface area contributed by atoms with E-state index >= 15 is 0 Å². The predicted octanol–water partition coefficient (Wildman–Crippen LogP) is 5.07. The molecule has 0 unspecified atom stereocenters. The number of anilines is 1. The van der Waals surface area contributed by atoms with E-state index in [1.54, 1.807) is 13.0 Å². The van der Waals surface area contributed by atoms with Crippen molar-refractivity contribution in [2.75, 3.05) is 5.32 Å². The third-order valence-electron chi connectivity index (χ3n) is 2.97. The highest BCUT2D eigenvalue weighted by atomic mass is 79.9. The molecular weight excluding hydrogens is 363 g/mol. The van der Waals surface area contributed by atoms with Crippen LogP contribution < -0.4 is 5.32 Å². The molecule has 0 amide bonds. The van der Waals surface area contributed by atoms with E-state index in [2.05, 4.69) is 21.2 Å². The summed E-state index contributed by atoms with van der Waals surface area (Å²) in [6, 6.07) is 7.36. The third-order valence-corrected chi connectivity index (χ3v) is 4.02. The van der Waals surface area contributed by atoms with Crippen molar-refractivity contribution in [3.05, 3.63) is 66.9 Å². The molecule has 7 heteroatoms. The minimum Gasteiger partial charge on any atom is -0.381 e. The van der Waals surface area contributed by atoms with Gasteiger partial charge in [-0.2, -0.15) is 0 Å². The molecule has 0 atom stereocenters. The second-order valence-electron chi connectivity index (χ2n) is 4.46. The summed E-state index contributed by atoms with van der Waals surface area (Å²) in [6.07, 6.45) is 0. The first-order chi connectivity index (χ1) is 9.88. The number of nitro groups is 1. The van der Waals surface area contributed by atoms with E-state index in [9.17, 15) is 14.5 Å². The predicted molar refractivity (Wildman–Crippen MR) is 84.3 cm³/mol. The zero-order valence-electron chi connectivity index (χ0n) is 11.0. The molecular formula is C14H11BrClFN2O2. The van der Waals surface area contributed by atoms with Crippen LogP contribution in [0.1, 0.15) is 11.1 Å². The fraction of sp³-hybridized carbons (Fsp3) is 0.143. The second kappa shape index (κ2) is 6.41. The van der Waals surface area contributed by atoms with Crippen molar-refractivity contribution in [3.8, 4) is 0 Å². The minimum atomic E-state index is -0.518. The highest BCUT2D eigenvalue weighted by Gasteiger charge is 2.15. The Morgan fingerprint density at radius 1 is 1.38 bits per heavy atom. The number of hydrogen-bond donors (Lipinski definition) is 1. The van der Waals surface area contributed by atoms with Gasteiger partial charge in [-0.25, -0.2) is 4.39 Å². The van der Waals surface area contributed by atoms with E-state index < -0.39 is 4.92 Å². The van der Waals surface area contributed by atoms with Crippen LogP contribution in [-0.2, 0) is 6.54 Å². The van der Waals surface area contributed by atoms with Crippen LogP contribution in [0.25, 0.3) is 0 Å². The Labute approximate surface area is 134 Å². The van der Waals surface area contributed by atoms with Gasteiger partial charge in [-0.1, -0.05) is 33.6 Å². The first kappa shape index (κ1) is 15.7. The molecule has 0 aliphatic carbocycles. The standard InChI is InChI=1S/C14H11BrClFN2O2/c1-8-4-14(19(20)21)12(16)6-13(8)18-7-9-2-3-10(17)5-11(9)15/h2-6,18H,7H2,1H3. The van der Waals surface area contributed by atoms with Crippen LogP contribution >= 0.6 is 27.5 Å². The summed E-state index contributed by atoms with van der Waals surface area (Å²) in [6.45, 7) is 2.20. The fourth-order valence-corrected chi connectivity index (χ4v) is 2.58. The van der Waals surface area contributed by atoms with Crippen molar-refractivity contribution < 1.29 is 9.31 Å². The zero-order chi connectivity index (χ0) is 15.6. The second-order valence-corrected chi connectivity index (χ2v) is 5.73. The van der Waals surface area contributed by atoms with Crippen LogP contribution in [-0.4, -0.2) is 4.92 Å². The van der Waals surface area contributed by atoms with Crippen LogP contribution in [0.4, 0.5) is 15.8 Å². The molecule has 0 radical (unpaired) electrons. The van der Waals surface area contributed by atoms with Gasteiger partial charge >= 0.3 is 0 Å². The van der Waals surface area contributed by atoms with Crippen LogP contribution in [0.3, 0.4) is 0 Å². The average Bonchev–Trinajstić information content (AvgIpc) is 2.40. The van der Waals surface area contributed by atoms with Gasteiger partial charge in [-0.05, 0) is 36.2 Å².